The monoisotopic (exact) mass is 323 g/mol. The number of methoxy groups -OCH3 is 2. The second-order valence-corrected chi connectivity index (χ2v) is 5.02. The van der Waals surface area contributed by atoms with Crippen LogP contribution in [0.2, 0.25) is 10.2 Å². The Bertz CT molecular complexity index is 778. The second kappa shape index (κ2) is 5.42. The Kier molecular flexibility index (Phi) is 3.61. The third kappa shape index (κ3) is 2.39. The highest BCUT2D eigenvalue weighted by Gasteiger charge is 2.16. The van der Waals surface area contributed by atoms with Crippen LogP contribution in [0.15, 0.2) is 24.3 Å². The SMILES string of the molecule is COc1cccc(-c2nc3nc(Cl)c(Cl)cc3[nH]2)c1OC. The van der Waals surface area contributed by atoms with Crippen LogP contribution < -0.4 is 9.47 Å². The zero-order valence-electron chi connectivity index (χ0n) is 11.3. The zero-order valence-corrected chi connectivity index (χ0v) is 12.8. The first kappa shape index (κ1) is 14.0. The molecule has 0 aliphatic rings. The Morgan fingerprint density at radius 1 is 1.10 bits per heavy atom. The molecule has 7 heteroatoms. The van der Waals surface area contributed by atoms with Gasteiger partial charge in [0.25, 0.3) is 0 Å². The van der Waals surface area contributed by atoms with E-state index < -0.39 is 0 Å². The summed E-state index contributed by atoms with van der Waals surface area (Å²) in [6, 6.07) is 7.24. The molecule has 0 amide bonds. The van der Waals surface area contributed by atoms with Crippen LogP contribution in [-0.2, 0) is 0 Å². The number of nitrogens with zero attached hydrogens (tertiary/aromatic N) is 2. The summed E-state index contributed by atoms with van der Waals surface area (Å²) in [5.74, 6) is 1.82. The Labute approximate surface area is 130 Å². The maximum Gasteiger partial charge on any atom is 0.179 e. The molecule has 0 radical (unpaired) electrons. The predicted molar refractivity (Wildman–Crippen MR) is 82.4 cm³/mol. The van der Waals surface area contributed by atoms with Crippen LogP contribution in [0, 0.1) is 0 Å². The molecule has 0 saturated heterocycles. The normalized spacial score (nSPS) is 10.9. The average molecular weight is 324 g/mol. The van der Waals surface area contributed by atoms with E-state index in [9.17, 15) is 0 Å². The number of hydrogen-bond donors (Lipinski definition) is 1. The lowest BCUT2D eigenvalue weighted by Crippen LogP contribution is -1.93. The van der Waals surface area contributed by atoms with E-state index in [1.165, 1.54) is 0 Å². The number of imidazole rings is 1. The van der Waals surface area contributed by atoms with Gasteiger partial charge < -0.3 is 14.5 Å². The van der Waals surface area contributed by atoms with E-state index in [1.807, 2.05) is 18.2 Å². The molecule has 2 heterocycles. The molecule has 0 fully saturated rings. The van der Waals surface area contributed by atoms with Crippen molar-refractivity contribution in [1.29, 1.82) is 0 Å². The summed E-state index contributed by atoms with van der Waals surface area (Å²) in [4.78, 5) is 11.7. The number of H-pyrrole nitrogens is 1. The topological polar surface area (TPSA) is 60.0 Å². The van der Waals surface area contributed by atoms with Crippen molar-refractivity contribution in [3.8, 4) is 22.9 Å². The van der Waals surface area contributed by atoms with Crippen molar-refractivity contribution >= 4 is 34.4 Å². The minimum Gasteiger partial charge on any atom is -0.493 e. The molecule has 21 heavy (non-hydrogen) atoms. The minimum absolute atomic E-state index is 0.222. The van der Waals surface area contributed by atoms with Crippen molar-refractivity contribution in [2.24, 2.45) is 0 Å². The summed E-state index contributed by atoms with van der Waals surface area (Å²) < 4.78 is 10.7. The highest BCUT2D eigenvalue weighted by Crippen LogP contribution is 2.37. The molecule has 1 N–H and O–H groups in total. The Morgan fingerprint density at radius 2 is 1.90 bits per heavy atom. The summed E-state index contributed by atoms with van der Waals surface area (Å²) >= 11 is 11.9. The van der Waals surface area contributed by atoms with Crippen molar-refractivity contribution in [2.75, 3.05) is 14.2 Å². The van der Waals surface area contributed by atoms with Gasteiger partial charge >= 0.3 is 0 Å². The maximum atomic E-state index is 5.96. The lowest BCUT2D eigenvalue weighted by Gasteiger charge is -2.10. The molecule has 0 unspecified atom stereocenters. The van der Waals surface area contributed by atoms with Gasteiger partial charge in [0.1, 0.15) is 11.0 Å². The number of aromatic amines is 1. The Morgan fingerprint density at radius 3 is 2.62 bits per heavy atom. The molecule has 3 rings (SSSR count). The molecule has 0 atom stereocenters. The molecule has 2 aromatic heterocycles. The first-order chi connectivity index (χ1) is 10.1. The van der Waals surface area contributed by atoms with Crippen molar-refractivity contribution in [2.45, 2.75) is 0 Å². The van der Waals surface area contributed by atoms with E-state index in [2.05, 4.69) is 15.0 Å². The van der Waals surface area contributed by atoms with Crippen LogP contribution in [0.1, 0.15) is 0 Å². The fourth-order valence-corrected chi connectivity index (χ4v) is 2.38. The van der Waals surface area contributed by atoms with E-state index in [0.29, 0.717) is 33.5 Å². The molecular formula is C14H11Cl2N3O2. The lowest BCUT2D eigenvalue weighted by atomic mass is 10.1. The standard InChI is InChI=1S/C14H11Cl2N3O2/c1-20-10-5-3-4-7(11(10)21-2)13-17-9-6-8(15)12(16)18-14(9)19-13/h3-6H,1-2H3,(H,17,18,19). The van der Waals surface area contributed by atoms with Crippen LogP contribution in [0.5, 0.6) is 11.5 Å². The molecule has 5 nitrogen and oxygen atoms in total. The van der Waals surface area contributed by atoms with Gasteiger partial charge in [-0.2, -0.15) is 0 Å². The molecule has 0 aliphatic carbocycles. The van der Waals surface area contributed by atoms with Gasteiger partial charge in [-0.1, -0.05) is 29.3 Å². The quantitative estimate of drug-likeness (QED) is 0.741. The first-order valence-electron chi connectivity index (χ1n) is 6.07. The number of aromatic nitrogens is 3. The second-order valence-electron chi connectivity index (χ2n) is 4.26. The summed E-state index contributed by atoms with van der Waals surface area (Å²) in [5.41, 5.74) is 1.95. The van der Waals surface area contributed by atoms with Gasteiger partial charge in [-0.3, -0.25) is 0 Å². The third-order valence-corrected chi connectivity index (χ3v) is 3.71. The summed E-state index contributed by atoms with van der Waals surface area (Å²) in [5, 5.41) is 0.594. The number of para-hydroxylation sites is 1. The first-order valence-corrected chi connectivity index (χ1v) is 6.82. The Balaban J connectivity index is 2.21. The lowest BCUT2D eigenvalue weighted by molar-refractivity contribution is 0.356. The maximum absolute atomic E-state index is 5.96. The van der Waals surface area contributed by atoms with Crippen LogP contribution in [0.4, 0.5) is 0 Å². The zero-order chi connectivity index (χ0) is 15.0. The molecule has 0 aliphatic heterocycles. The van der Waals surface area contributed by atoms with E-state index in [4.69, 9.17) is 32.7 Å². The fraction of sp³-hybridized carbons (Fsp3) is 0.143. The molecule has 108 valence electrons. The van der Waals surface area contributed by atoms with Gasteiger partial charge in [-0.15, -0.1) is 0 Å². The number of hydrogen-bond acceptors (Lipinski definition) is 4. The van der Waals surface area contributed by atoms with E-state index >= 15 is 0 Å². The van der Waals surface area contributed by atoms with Gasteiger partial charge in [0.15, 0.2) is 17.1 Å². The van der Waals surface area contributed by atoms with Gasteiger partial charge in [0.2, 0.25) is 0 Å². The Hall–Kier alpha value is -1.98. The van der Waals surface area contributed by atoms with Gasteiger partial charge in [0.05, 0.1) is 30.3 Å². The highest BCUT2D eigenvalue weighted by atomic mass is 35.5. The van der Waals surface area contributed by atoms with Crippen molar-refractivity contribution in [3.63, 3.8) is 0 Å². The average Bonchev–Trinajstić information content (AvgIpc) is 2.89. The molecule has 1 aromatic carbocycles. The number of rotatable bonds is 3. The largest absolute Gasteiger partial charge is 0.493 e. The van der Waals surface area contributed by atoms with Crippen LogP contribution >= 0.6 is 23.2 Å². The summed E-state index contributed by atoms with van der Waals surface area (Å²) in [6.07, 6.45) is 0. The number of benzene rings is 1. The van der Waals surface area contributed by atoms with Crippen molar-refractivity contribution in [3.05, 3.63) is 34.4 Å². The number of pyridine rings is 1. The minimum atomic E-state index is 0.222. The fourth-order valence-electron chi connectivity index (χ4n) is 2.10. The number of halogens is 2. The van der Waals surface area contributed by atoms with Crippen LogP contribution in [0.3, 0.4) is 0 Å². The molecular weight excluding hydrogens is 313 g/mol. The number of nitrogens with one attached hydrogen (secondary N) is 1. The molecule has 3 aromatic rings. The van der Waals surface area contributed by atoms with E-state index in [1.54, 1.807) is 20.3 Å². The van der Waals surface area contributed by atoms with E-state index in [-0.39, 0.29) is 5.15 Å². The van der Waals surface area contributed by atoms with E-state index in [0.717, 1.165) is 5.56 Å². The van der Waals surface area contributed by atoms with Gasteiger partial charge in [0, 0.05) is 0 Å². The van der Waals surface area contributed by atoms with Gasteiger partial charge in [-0.05, 0) is 18.2 Å². The third-order valence-electron chi connectivity index (χ3n) is 3.04. The highest BCUT2D eigenvalue weighted by molar-refractivity contribution is 6.41. The predicted octanol–water partition coefficient (Wildman–Crippen LogP) is 3.95. The molecule has 0 bridgehead atoms. The van der Waals surface area contributed by atoms with Gasteiger partial charge in [-0.25, -0.2) is 9.97 Å². The summed E-state index contributed by atoms with van der Waals surface area (Å²) in [7, 11) is 3.16. The van der Waals surface area contributed by atoms with Crippen LogP contribution in [-0.4, -0.2) is 29.2 Å². The molecule has 0 saturated carbocycles. The number of ether oxygens (including phenoxy) is 2. The van der Waals surface area contributed by atoms with Crippen molar-refractivity contribution < 1.29 is 9.47 Å². The molecule has 0 spiro atoms. The van der Waals surface area contributed by atoms with Crippen molar-refractivity contribution in [1.82, 2.24) is 15.0 Å². The summed E-state index contributed by atoms with van der Waals surface area (Å²) in [6.45, 7) is 0. The number of fused-ring (bicyclic) bond motifs is 1. The smallest absolute Gasteiger partial charge is 0.179 e. The van der Waals surface area contributed by atoms with Crippen LogP contribution in [0.25, 0.3) is 22.6 Å².